The third kappa shape index (κ3) is 13.1. The zero-order valence-electron chi connectivity index (χ0n) is 16.2. The Hall–Kier alpha value is -0.820. The molecule has 0 heterocycles. The Bertz CT molecular complexity index is 438. The van der Waals surface area contributed by atoms with Crippen LogP contribution in [0.5, 0.6) is 0 Å². The molecule has 0 unspecified atom stereocenters. The second-order valence-corrected chi connectivity index (χ2v) is 7.77. The zero-order valence-corrected chi connectivity index (χ0v) is 17.0. The number of hydrogen-bond donors (Lipinski definition) is 0. The molecule has 1 nitrogen and oxygen atoms in total. The lowest BCUT2D eigenvalue weighted by molar-refractivity contribution is -0.118. The van der Waals surface area contributed by atoms with Crippen LogP contribution in [0.3, 0.4) is 0 Å². The monoisotopic (exact) mass is 364 g/mol. The number of carbonyl (C=O) groups excluding carboxylic acids is 1. The summed E-state index contributed by atoms with van der Waals surface area (Å²) in [5.74, 6) is 0.352. The second kappa shape index (κ2) is 15.4. The van der Waals surface area contributed by atoms with Gasteiger partial charge in [-0.15, -0.1) is 0 Å². The van der Waals surface area contributed by atoms with Crippen LogP contribution in [-0.4, -0.2) is 5.78 Å². The van der Waals surface area contributed by atoms with Crippen molar-refractivity contribution in [3.8, 4) is 0 Å². The van der Waals surface area contributed by atoms with Crippen molar-refractivity contribution in [3.63, 3.8) is 0 Å². The second-order valence-electron chi connectivity index (χ2n) is 7.33. The first-order valence-electron chi connectivity index (χ1n) is 10.5. The molecule has 0 spiro atoms. The van der Waals surface area contributed by atoms with Gasteiger partial charge in [-0.05, 0) is 24.1 Å². The van der Waals surface area contributed by atoms with Gasteiger partial charge in [0.2, 0.25) is 0 Å². The van der Waals surface area contributed by atoms with Crippen molar-refractivity contribution >= 4 is 17.4 Å². The molecule has 0 aliphatic rings. The van der Waals surface area contributed by atoms with Crippen LogP contribution in [0.15, 0.2) is 24.3 Å². The Kier molecular flexibility index (Phi) is 13.7. The van der Waals surface area contributed by atoms with Crippen LogP contribution in [0.4, 0.5) is 0 Å². The van der Waals surface area contributed by atoms with Crippen LogP contribution in [0, 0.1) is 0 Å². The summed E-state index contributed by atoms with van der Waals surface area (Å²) in [6, 6.07) is 7.61. The Labute approximate surface area is 160 Å². The molecular formula is C23H37ClO. The van der Waals surface area contributed by atoms with E-state index in [0.717, 1.165) is 23.4 Å². The first-order valence-corrected chi connectivity index (χ1v) is 10.9. The van der Waals surface area contributed by atoms with Crippen molar-refractivity contribution in [1.29, 1.82) is 0 Å². The molecule has 1 rings (SSSR count). The summed E-state index contributed by atoms with van der Waals surface area (Å²) in [6.07, 6.45) is 18.7. The molecular weight excluding hydrogens is 328 g/mol. The van der Waals surface area contributed by atoms with Crippen LogP contribution < -0.4 is 0 Å². The number of unbranched alkanes of at least 4 members (excludes halogenated alkanes) is 12. The molecule has 25 heavy (non-hydrogen) atoms. The first-order chi connectivity index (χ1) is 12.2. The highest BCUT2D eigenvalue weighted by atomic mass is 35.5. The third-order valence-electron chi connectivity index (χ3n) is 4.87. The number of rotatable bonds is 16. The molecule has 0 N–H and O–H groups in total. The van der Waals surface area contributed by atoms with E-state index in [9.17, 15) is 4.79 Å². The Morgan fingerprint density at radius 1 is 0.720 bits per heavy atom. The maximum absolute atomic E-state index is 12.0. The number of halogens is 1. The van der Waals surface area contributed by atoms with E-state index in [2.05, 4.69) is 6.92 Å². The van der Waals surface area contributed by atoms with Gasteiger partial charge in [-0.2, -0.15) is 0 Å². The molecule has 1 aromatic rings. The van der Waals surface area contributed by atoms with E-state index in [1.165, 1.54) is 77.0 Å². The molecule has 0 aliphatic carbocycles. The topological polar surface area (TPSA) is 17.1 Å². The van der Waals surface area contributed by atoms with Gasteiger partial charge in [0.25, 0.3) is 0 Å². The van der Waals surface area contributed by atoms with Gasteiger partial charge >= 0.3 is 0 Å². The van der Waals surface area contributed by atoms with Gasteiger partial charge in [0.1, 0.15) is 5.78 Å². The van der Waals surface area contributed by atoms with E-state index in [0.29, 0.717) is 12.2 Å². The van der Waals surface area contributed by atoms with Gasteiger partial charge in [-0.25, -0.2) is 0 Å². The molecule has 2 heteroatoms. The van der Waals surface area contributed by atoms with Crippen molar-refractivity contribution in [3.05, 3.63) is 34.9 Å². The van der Waals surface area contributed by atoms with E-state index < -0.39 is 0 Å². The summed E-state index contributed by atoms with van der Waals surface area (Å²) in [6.45, 7) is 2.27. The quantitative estimate of drug-likeness (QED) is 0.272. The Balaban J connectivity index is 1.85. The molecule has 0 aliphatic heterocycles. The van der Waals surface area contributed by atoms with Crippen LogP contribution in [0.2, 0.25) is 5.02 Å². The number of ketones is 1. The van der Waals surface area contributed by atoms with E-state index in [-0.39, 0.29) is 0 Å². The summed E-state index contributed by atoms with van der Waals surface area (Å²) in [4.78, 5) is 12.0. The van der Waals surface area contributed by atoms with Crippen molar-refractivity contribution in [2.24, 2.45) is 0 Å². The average Bonchev–Trinajstić information content (AvgIpc) is 2.61. The SMILES string of the molecule is CCCCCCCCCCCCCCCC(=O)Cc1ccc(Cl)cc1. The van der Waals surface area contributed by atoms with Crippen molar-refractivity contribution in [2.75, 3.05) is 0 Å². The van der Waals surface area contributed by atoms with Crippen LogP contribution >= 0.6 is 11.6 Å². The van der Waals surface area contributed by atoms with Gasteiger partial charge in [-0.3, -0.25) is 4.79 Å². The standard InChI is InChI=1S/C23H37ClO/c1-2-3-4-5-6-7-8-9-10-11-12-13-14-15-23(25)20-21-16-18-22(24)19-17-21/h16-19H,2-15,20H2,1H3. The lowest BCUT2D eigenvalue weighted by Gasteiger charge is -2.04. The molecule has 0 bridgehead atoms. The van der Waals surface area contributed by atoms with Crippen molar-refractivity contribution < 1.29 is 4.79 Å². The van der Waals surface area contributed by atoms with E-state index in [1.807, 2.05) is 24.3 Å². The smallest absolute Gasteiger partial charge is 0.137 e. The van der Waals surface area contributed by atoms with Crippen LogP contribution in [0.25, 0.3) is 0 Å². The van der Waals surface area contributed by atoms with E-state index in [1.54, 1.807) is 0 Å². The molecule has 0 atom stereocenters. The normalized spacial score (nSPS) is 11.0. The van der Waals surface area contributed by atoms with Gasteiger partial charge in [0, 0.05) is 17.9 Å². The van der Waals surface area contributed by atoms with Crippen LogP contribution in [-0.2, 0) is 11.2 Å². The van der Waals surface area contributed by atoms with Gasteiger partial charge in [0.05, 0.1) is 0 Å². The fourth-order valence-corrected chi connectivity index (χ4v) is 3.38. The highest BCUT2D eigenvalue weighted by Crippen LogP contribution is 2.14. The fourth-order valence-electron chi connectivity index (χ4n) is 3.26. The molecule has 0 amide bonds. The molecule has 0 fully saturated rings. The van der Waals surface area contributed by atoms with Gasteiger partial charge in [0.15, 0.2) is 0 Å². The molecule has 1 aromatic carbocycles. The summed E-state index contributed by atoms with van der Waals surface area (Å²) in [7, 11) is 0. The molecule has 0 aromatic heterocycles. The predicted molar refractivity (Wildman–Crippen MR) is 110 cm³/mol. The molecule has 142 valence electrons. The number of carbonyl (C=O) groups is 1. The summed E-state index contributed by atoms with van der Waals surface area (Å²) >= 11 is 5.86. The maximum Gasteiger partial charge on any atom is 0.137 e. The lowest BCUT2D eigenvalue weighted by atomic mass is 10.0. The van der Waals surface area contributed by atoms with E-state index >= 15 is 0 Å². The van der Waals surface area contributed by atoms with Gasteiger partial charge in [-0.1, -0.05) is 108 Å². The van der Waals surface area contributed by atoms with Crippen molar-refractivity contribution in [2.45, 2.75) is 103 Å². The fraction of sp³-hybridized carbons (Fsp3) is 0.696. The Morgan fingerprint density at radius 2 is 1.16 bits per heavy atom. The van der Waals surface area contributed by atoms with Crippen LogP contribution in [0.1, 0.15) is 102 Å². The molecule has 0 radical (unpaired) electrons. The Morgan fingerprint density at radius 3 is 1.64 bits per heavy atom. The number of benzene rings is 1. The number of Topliss-reactive ketones (excluding diaryl/α,β-unsaturated/α-hetero) is 1. The largest absolute Gasteiger partial charge is 0.299 e. The van der Waals surface area contributed by atoms with Crippen molar-refractivity contribution in [1.82, 2.24) is 0 Å². The first kappa shape index (κ1) is 22.2. The summed E-state index contributed by atoms with van der Waals surface area (Å²) in [5.41, 5.74) is 1.07. The lowest BCUT2D eigenvalue weighted by Crippen LogP contribution is -2.02. The highest BCUT2D eigenvalue weighted by molar-refractivity contribution is 6.30. The number of hydrogen-bond acceptors (Lipinski definition) is 1. The minimum absolute atomic E-state index is 0.352. The third-order valence-corrected chi connectivity index (χ3v) is 5.13. The minimum Gasteiger partial charge on any atom is -0.299 e. The maximum atomic E-state index is 12.0. The molecule has 0 saturated heterocycles. The highest BCUT2D eigenvalue weighted by Gasteiger charge is 2.03. The average molecular weight is 365 g/mol. The zero-order chi connectivity index (χ0) is 18.2. The minimum atomic E-state index is 0.352. The summed E-state index contributed by atoms with van der Waals surface area (Å²) in [5, 5.41) is 0.729. The summed E-state index contributed by atoms with van der Waals surface area (Å²) < 4.78 is 0. The van der Waals surface area contributed by atoms with E-state index in [4.69, 9.17) is 11.6 Å². The van der Waals surface area contributed by atoms with Gasteiger partial charge < -0.3 is 0 Å². The molecule has 0 saturated carbocycles. The predicted octanol–water partition coefficient (Wildman–Crippen LogP) is 7.93.